The average molecular weight is 276 g/mol. The third kappa shape index (κ3) is 1.46. The van der Waals surface area contributed by atoms with Crippen LogP contribution in [-0.4, -0.2) is 25.7 Å². The molecule has 2 aromatic heterocycles. The lowest BCUT2D eigenvalue weighted by Gasteiger charge is -1.97. The van der Waals surface area contributed by atoms with E-state index in [2.05, 4.69) is 26.0 Å². The van der Waals surface area contributed by atoms with Gasteiger partial charge in [-0.1, -0.05) is 11.6 Å². The molecule has 0 aliphatic rings. The van der Waals surface area contributed by atoms with Gasteiger partial charge in [0, 0.05) is 6.20 Å². The molecule has 0 unspecified atom stereocenters. The van der Waals surface area contributed by atoms with Gasteiger partial charge < -0.3 is 5.11 Å². The summed E-state index contributed by atoms with van der Waals surface area (Å²) in [5.74, 6) is -1.09. The highest BCUT2D eigenvalue weighted by Gasteiger charge is 2.13. The van der Waals surface area contributed by atoms with E-state index in [0.29, 0.717) is 9.76 Å². The smallest absolute Gasteiger partial charge is 0.339 e. The van der Waals surface area contributed by atoms with Crippen molar-refractivity contribution in [3.63, 3.8) is 0 Å². The summed E-state index contributed by atoms with van der Waals surface area (Å²) in [5.41, 5.74) is 0.282. The van der Waals surface area contributed by atoms with Crippen LogP contribution in [0.2, 0.25) is 5.02 Å². The van der Waals surface area contributed by atoms with E-state index in [-0.39, 0.29) is 11.2 Å². The molecule has 0 amide bonds. The summed E-state index contributed by atoms with van der Waals surface area (Å²) >= 11 is 8.76. The molecule has 2 aromatic rings. The van der Waals surface area contributed by atoms with Crippen LogP contribution in [0.1, 0.15) is 10.4 Å². The number of aromatic nitrogens is 3. The molecule has 0 bridgehead atoms. The van der Waals surface area contributed by atoms with Crippen LogP contribution >= 0.6 is 27.5 Å². The van der Waals surface area contributed by atoms with Crippen molar-refractivity contribution in [2.45, 2.75) is 0 Å². The van der Waals surface area contributed by atoms with Gasteiger partial charge in [0.25, 0.3) is 0 Å². The second kappa shape index (κ2) is 3.21. The van der Waals surface area contributed by atoms with E-state index in [1.165, 1.54) is 16.8 Å². The summed E-state index contributed by atoms with van der Waals surface area (Å²) in [4.78, 5) is 14.7. The van der Waals surface area contributed by atoms with Crippen LogP contribution in [0.25, 0.3) is 5.65 Å². The number of halogens is 2. The second-order valence-electron chi connectivity index (χ2n) is 2.53. The predicted molar refractivity (Wildman–Crippen MR) is 52.7 cm³/mol. The molecule has 0 saturated carbocycles. The van der Waals surface area contributed by atoms with E-state index in [1.54, 1.807) is 0 Å². The number of carboxylic acids is 1. The van der Waals surface area contributed by atoms with Crippen molar-refractivity contribution in [2.24, 2.45) is 0 Å². The molecule has 1 N–H and O–H groups in total. The van der Waals surface area contributed by atoms with Gasteiger partial charge in [0.15, 0.2) is 5.65 Å². The van der Waals surface area contributed by atoms with E-state index in [4.69, 9.17) is 16.7 Å². The molecule has 0 aliphatic carbocycles. The number of pyridine rings is 1. The SMILES string of the molecule is O=C(O)c1cc(Cl)cn2nc(Br)nc12. The topological polar surface area (TPSA) is 67.5 Å². The average Bonchev–Trinajstić information content (AvgIpc) is 2.42. The summed E-state index contributed by atoms with van der Waals surface area (Å²) in [5, 5.41) is 13.1. The molecule has 2 heterocycles. The van der Waals surface area contributed by atoms with Crippen molar-refractivity contribution in [1.82, 2.24) is 14.6 Å². The number of rotatable bonds is 1. The quantitative estimate of drug-likeness (QED) is 0.863. The molecular weight excluding hydrogens is 273 g/mol. The van der Waals surface area contributed by atoms with E-state index in [0.717, 1.165) is 0 Å². The highest BCUT2D eigenvalue weighted by atomic mass is 79.9. The third-order valence-corrected chi connectivity index (χ3v) is 2.15. The van der Waals surface area contributed by atoms with Gasteiger partial charge in [0.05, 0.1) is 5.02 Å². The largest absolute Gasteiger partial charge is 0.478 e. The van der Waals surface area contributed by atoms with Crippen LogP contribution in [0.4, 0.5) is 0 Å². The molecular formula is C7H3BrClN3O2. The Morgan fingerprint density at radius 2 is 2.36 bits per heavy atom. The van der Waals surface area contributed by atoms with Gasteiger partial charge in [-0.05, 0) is 22.0 Å². The van der Waals surface area contributed by atoms with Gasteiger partial charge in [-0.2, -0.15) is 0 Å². The van der Waals surface area contributed by atoms with Crippen molar-refractivity contribution < 1.29 is 9.90 Å². The summed E-state index contributed by atoms with van der Waals surface area (Å²) < 4.78 is 1.64. The molecule has 72 valence electrons. The summed E-state index contributed by atoms with van der Waals surface area (Å²) in [6.07, 6.45) is 1.49. The molecule has 0 fully saturated rings. The Hall–Kier alpha value is -1.14. The molecule has 0 atom stereocenters. The fourth-order valence-corrected chi connectivity index (χ4v) is 1.63. The maximum absolute atomic E-state index is 10.8. The lowest BCUT2D eigenvalue weighted by atomic mass is 10.3. The zero-order valence-electron chi connectivity index (χ0n) is 6.61. The second-order valence-corrected chi connectivity index (χ2v) is 3.67. The first-order valence-electron chi connectivity index (χ1n) is 3.52. The van der Waals surface area contributed by atoms with E-state index in [9.17, 15) is 4.79 Å². The van der Waals surface area contributed by atoms with Crippen molar-refractivity contribution in [3.8, 4) is 0 Å². The van der Waals surface area contributed by atoms with Crippen molar-refractivity contribution in [2.75, 3.05) is 0 Å². The maximum Gasteiger partial charge on any atom is 0.339 e. The van der Waals surface area contributed by atoms with Gasteiger partial charge in [0.1, 0.15) is 5.56 Å². The molecule has 7 heteroatoms. The van der Waals surface area contributed by atoms with Crippen LogP contribution in [-0.2, 0) is 0 Å². The Morgan fingerprint density at radius 3 is 3.00 bits per heavy atom. The predicted octanol–water partition coefficient (Wildman–Crippen LogP) is 1.84. The van der Waals surface area contributed by atoms with Crippen LogP contribution < -0.4 is 0 Å². The van der Waals surface area contributed by atoms with Crippen molar-refractivity contribution in [1.29, 1.82) is 0 Å². The fourth-order valence-electron chi connectivity index (χ4n) is 1.08. The molecule has 14 heavy (non-hydrogen) atoms. The van der Waals surface area contributed by atoms with Crippen molar-refractivity contribution in [3.05, 3.63) is 27.6 Å². The number of hydrogen-bond donors (Lipinski definition) is 1. The normalized spacial score (nSPS) is 10.7. The van der Waals surface area contributed by atoms with Gasteiger partial charge in [-0.3, -0.25) is 0 Å². The Bertz CT molecular complexity index is 525. The minimum absolute atomic E-state index is 0.0238. The van der Waals surface area contributed by atoms with Gasteiger partial charge in [0.2, 0.25) is 4.73 Å². The van der Waals surface area contributed by atoms with Crippen LogP contribution in [0, 0.1) is 0 Å². The number of aromatic carboxylic acids is 1. The highest BCUT2D eigenvalue weighted by Crippen LogP contribution is 2.17. The minimum atomic E-state index is -1.09. The number of carbonyl (C=O) groups is 1. The van der Waals surface area contributed by atoms with Crippen molar-refractivity contribution >= 4 is 39.1 Å². The molecule has 5 nitrogen and oxygen atoms in total. The molecule has 0 aromatic carbocycles. The summed E-state index contributed by atoms with van der Waals surface area (Å²) in [7, 11) is 0. The molecule has 0 saturated heterocycles. The first-order chi connectivity index (χ1) is 6.58. The zero-order valence-corrected chi connectivity index (χ0v) is 8.95. The van der Waals surface area contributed by atoms with Crippen LogP contribution in [0.15, 0.2) is 17.0 Å². The summed E-state index contributed by atoms with van der Waals surface area (Å²) in [6.45, 7) is 0. The Labute approximate surface area is 91.4 Å². The van der Waals surface area contributed by atoms with Gasteiger partial charge in [-0.15, -0.1) is 5.10 Å². The van der Waals surface area contributed by atoms with Crippen LogP contribution in [0.5, 0.6) is 0 Å². The summed E-state index contributed by atoms with van der Waals surface area (Å²) in [6, 6.07) is 1.33. The lowest BCUT2D eigenvalue weighted by Crippen LogP contribution is -2.01. The highest BCUT2D eigenvalue weighted by molar-refractivity contribution is 9.10. The fraction of sp³-hybridized carbons (Fsp3) is 0. The van der Waals surface area contributed by atoms with E-state index >= 15 is 0 Å². The monoisotopic (exact) mass is 275 g/mol. The van der Waals surface area contributed by atoms with Gasteiger partial charge >= 0.3 is 5.97 Å². The maximum atomic E-state index is 10.8. The molecule has 2 rings (SSSR count). The number of fused-ring (bicyclic) bond motifs is 1. The number of nitrogens with zero attached hydrogens (tertiary/aromatic N) is 3. The Morgan fingerprint density at radius 1 is 1.64 bits per heavy atom. The van der Waals surface area contributed by atoms with Crippen LogP contribution in [0.3, 0.4) is 0 Å². The molecule has 0 radical (unpaired) electrons. The lowest BCUT2D eigenvalue weighted by molar-refractivity contribution is 0.0698. The molecule has 0 spiro atoms. The number of carboxylic acid groups (broad SMARTS) is 1. The van der Waals surface area contributed by atoms with Gasteiger partial charge in [-0.25, -0.2) is 14.3 Å². The first-order valence-corrected chi connectivity index (χ1v) is 4.70. The van der Waals surface area contributed by atoms with E-state index in [1.807, 2.05) is 0 Å². The zero-order chi connectivity index (χ0) is 10.3. The minimum Gasteiger partial charge on any atom is -0.478 e. The standard InChI is InChI=1S/C7H3BrClN3O2/c8-7-10-5-4(6(13)14)1-3(9)2-12(5)11-7/h1-2H,(H,13,14). The number of hydrogen-bond acceptors (Lipinski definition) is 3. The van der Waals surface area contributed by atoms with E-state index < -0.39 is 5.97 Å². The first kappa shape index (κ1) is 9.42. The third-order valence-electron chi connectivity index (χ3n) is 1.60. The Balaban J connectivity index is 2.85. The molecule has 0 aliphatic heterocycles. The Kier molecular flexibility index (Phi) is 2.16.